The van der Waals surface area contributed by atoms with Gasteiger partial charge in [-0.15, -0.1) is 0 Å². The van der Waals surface area contributed by atoms with E-state index in [2.05, 4.69) is 0 Å². The summed E-state index contributed by atoms with van der Waals surface area (Å²) >= 11 is 0. The van der Waals surface area contributed by atoms with Crippen LogP contribution < -0.4 is 11.3 Å². The lowest BCUT2D eigenvalue weighted by Gasteiger charge is -2.11. The summed E-state index contributed by atoms with van der Waals surface area (Å²) in [6.45, 7) is -0.0598. The fourth-order valence-corrected chi connectivity index (χ4v) is 1.95. The van der Waals surface area contributed by atoms with Crippen LogP contribution in [-0.4, -0.2) is 4.57 Å². The van der Waals surface area contributed by atoms with Gasteiger partial charge in [-0.3, -0.25) is 4.79 Å². The summed E-state index contributed by atoms with van der Waals surface area (Å²) in [6, 6.07) is 5.50. The van der Waals surface area contributed by atoms with Crippen molar-refractivity contribution in [3.05, 3.63) is 69.4 Å². The predicted octanol–water partition coefficient (Wildman–Crippen LogP) is 2.51. The molecule has 21 heavy (non-hydrogen) atoms. The highest BCUT2D eigenvalue weighted by atomic mass is 19.4. The first-order valence-corrected chi connectivity index (χ1v) is 6.05. The molecule has 0 saturated heterocycles. The summed E-state index contributed by atoms with van der Waals surface area (Å²) in [7, 11) is 0. The van der Waals surface area contributed by atoms with Gasteiger partial charge in [-0.05, 0) is 29.3 Å². The number of hydrogen-bond acceptors (Lipinski definition) is 2. The van der Waals surface area contributed by atoms with Crippen molar-refractivity contribution in [2.75, 3.05) is 0 Å². The van der Waals surface area contributed by atoms with Gasteiger partial charge in [0, 0.05) is 18.8 Å². The van der Waals surface area contributed by atoms with Gasteiger partial charge in [-0.2, -0.15) is 13.2 Å². The number of halogens is 4. The minimum atomic E-state index is -4.54. The van der Waals surface area contributed by atoms with Gasteiger partial charge < -0.3 is 10.3 Å². The second kappa shape index (κ2) is 5.69. The first-order chi connectivity index (χ1) is 9.79. The van der Waals surface area contributed by atoms with Crippen LogP contribution in [0.4, 0.5) is 17.6 Å². The van der Waals surface area contributed by atoms with Gasteiger partial charge in [0.05, 0.1) is 12.1 Å². The van der Waals surface area contributed by atoms with Gasteiger partial charge in [-0.1, -0.05) is 6.07 Å². The molecule has 0 radical (unpaired) electrons. The Morgan fingerprint density at radius 2 is 1.76 bits per heavy atom. The molecule has 7 heteroatoms. The normalized spacial score (nSPS) is 11.7. The number of nitrogens with two attached hydrogens (primary N) is 1. The molecule has 1 aromatic heterocycles. The van der Waals surface area contributed by atoms with Gasteiger partial charge in [0.15, 0.2) is 0 Å². The van der Waals surface area contributed by atoms with Crippen LogP contribution in [0.5, 0.6) is 0 Å². The van der Waals surface area contributed by atoms with Crippen molar-refractivity contribution in [2.45, 2.75) is 19.3 Å². The van der Waals surface area contributed by atoms with E-state index in [1.165, 1.54) is 6.07 Å². The average molecular weight is 300 g/mol. The fraction of sp³-hybridized carbons (Fsp3) is 0.214. The molecular weight excluding hydrogens is 288 g/mol. The molecule has 2 N–H and O–H groups in total. The summed E-state index contributed by atoms with van der Waals surface area (Å²) < 4.78 is 52.1. The summed E-state index contributed by atoms with van der Waals surface area (Å²) in [5, 5.41) is 0. The summed E-state index contributed by atoms with van der Waals surface area (Å²) in [4.78, 5) is 11.6. The van der Waals surface area contributed by atoms with Crippen molar-refractivity contribution < 1.29 is 17.6 Å². The molecule has 1 heterocycles. The maximum absolute atomic E-state index is 13.4. The molecule has 2 rings (SSSR count). The topological polar surface area (TPSA) is 48.0 Å². The van der Waals surface area contributed by atoms with E-state index < -0.39 is 23.1 Å². The molecule has 0 aliphatic carbocycles. The lowest BCUT2D eigenvalue weighted by Crippen LogP contribution is -2.22. The van der Waals surface area contributed by atoms with Crippen LogP contribution >= 0.6 is 0 Å². The highest BCUT2D eigenvalue weighted by molar-refractivity contribution is 5.25. The largest absolute Gasteiger partial charge is 0.417 e. The molecule has 0 spiro atoms. The van der Waals surface area contributed by atoms with E-state index in [4.69, 9.17) is 5.73 Å². The van der Waals surface area contributed by atoms with Crippen LogP contribution in [-0.2, 0) is 19.3 Å². The van der Waals surface area contributed by atoms with Crippen molar-refractivity contribution in [1.29, 1.82) is 0 Å². The fourth-order valence-electron chi connectivity index (χ4n) is 1.95. The van der Waals surface area contributed by atoms with Crippen molar-refractivity contribution in [1.82, 2.24) is 4.57 Å². The Hall–Kier alpha value is -2.15. The van der Waals surface area contributed by atoms with Gasteiger partial charge in [0.2, 0.25) is 0 Å². The SMILES string of the molecule is NCc1cc(F)cc(Cn2cc(C(F)(F)F)ccc2=O)c1. The third kappa shape index (κ3) is 3.69. The number of rotatable bonds is 3. The Morgan fingerprint density at radius 3 is 2.38 bits per heavy atom. The Balaban J connectivity index is 2.39. The van der Waals surface area contributed by atoms with E-state index in [0.29, 0.717) is 11.1 Å². The molecule has 0 unspecified atom stereocenters. The molecule has 0 bridgehead atoms. The summed E-state index contributed by atoms with van der Waals surface area (Å²) in [6.07, 6.45) is -3.82. The van der Waals surface area contributed by atoms with Crippen molar-refractivity contribution in [3.63, 3.8) is 0 Å². The van der Waals surface area contributed by atoms with Crippen LogP contribution in [0.15, 0.2) is 41.3 Å². The number of benzene rings is 1. The van der Waals surface area contributed by atoms with E-state index in [9.17, 15) is 22.4 Å². The number of hydrogen-bond donors (Lipinski definition) is 1. The molecule has 1 aromatic carbocycles. The maximum Gasteiger partial charge on any atom is 0.417 e. The quantitative estimate of drug-likeness (QED) is 0.885. The Labute approximate surface area is 117 Å². The van der Waals surface area contributed by atoms with E-state index in [-0.39, 0.29) is 13.1 Å². The minimum Gasteiger partial charge on any atom is -0.326 e. The second-order valence-corrected chi connectivity index (χ2v) is 4.55. The minimum absolute atomic E-state index is 0.0995. The standard InChI is InChI=1S/C14H12F4N2O/c15-12-4-9(6-19)3-10(5-12)7-20-8-11(14(16,17)18)1-2-13(20)21/h1-5,8H,6-7,19H2. The van der Waals surface area contributed by atoms with E-state index in [1.54, 1.807) is 6.07 Å². The highest BCUT2D eigenvalue weighted by Crippen LogP contribution is 2.28. The monoisotopic (exact) mass is 300 g/mol. The van der Waals surface area contributed by atoms with Crippen molar-refractivity contribution in [3.8, 4) is 0 Å². The van der Waals surface area contributed by atoms with Gasteiger partial charge in [0.1, 0.15) is 5.82 Å². The zero-order chi connectivity index (χ0) is 15.6. The van der Waals surface area contributed by atoms with E-state index in [1.807, 2.05) is 0 Å². The molecule has 0 fully saturated rings. The Bertz CT molecular complexity index is 707. The zero-order valence-corrected chi connectivity index (χ0v) is 10.8. The highest BCUT2D eigenvalue weighted by Gasteiger charge is 2.31. The molecule has 0 amide bonds. The van der Waals surface area contributed by atoms with Crippen LogP contribution in [0, 0.1) is 5.82 Å². The smallest absolute Gasteiger partial charge is 0.326 e. The van der Waals surface area contributed by atoms with Crippen LogP contribution in [0.2, 0.25) is 0 Å². The van der Waals surface area contributed by atoms with Crippen LogP contribution in [0.3, 0.4) is 0 Å². The number of aromatic nitrogens is 1. The summed E-state index contributed by atoms with van der Waals surface area (Å²) in [5.74, 6) is -0.548. The molecule has 0 atom stereocenters. The molecular formula is C14H12F4N2O. The van der Waals surface area contributed by atoms with E-state index in [0.717, 1.165) is 29.0 Å². The average Bonchev–Trinajstić information content (AvgIpc) is 2.39. The van der Waals surface area contributed by atoms with Crippen molar-refractivity contribution >= 4 is 0 Å². The van der Waals surface area contributed by atoms with Gasteiger partial charge in [-0.25, -0.2) is 4.39 Å². The van der Waals surface area contributed by atoms with E-state index >= 15 is 0 Å². The predicted molar refractivity (Wildman–Crippen MR) is 69.1 cm³/mol. The number of alkyl halides is 3. The number of nitrogens with zero attached hydrogens (tertiary/aromatic N) is 1. The molecule has 2 aromatic rings. The third-order valence-corrected chi connectivity index (χ3v) is 2.92. The Kier molecular flexibility index (Phi) is 4.13. The molecule has 112 valence electrons. The van der Waals surface area contributed by atoms with Crippen LogP contribution in [0.1, 0.15) is 16.7 Å². The first kappa shape index (κ1) is 15.2. The van der Waals surface area contributed by atoms with Crippen LogP contribution in [0.25, 0.3) is 0 Å². The van der Waals surface area contributed by atoms with Gasteiger partial charge in [0.25, 0.3) is 5.56 Å². The molecule has 3 nitrogen and oxygen atoms in total. The summed E-state index contributed by atoms with van der Waals surface area (Å²) in [5.41, 5.74) is 4.76. The molecule has 0 aliphatic rings. The maximum atomic E-state index is 13.4. The lowest BCUT2D eigenvalue weighted by atomic mass is 10.1. The first-order valence-electron chi connectivity index (χ1n) is 6.05. The van der Waals surface area contributed by atoms with Crippen molar-refractivity contribution in [2.24, 2.45) is 5.73 Å². The van der Waals surface area contributed by atoms with Gasteiger partial charge >= 0.3 is 6.18 Å². The Morgan fingerprint density at radius 1 is 1.10 bits per heavy atom. The number of pyridine rings is 1. The third-order valence-electron chi connectivity index (χ3n) is 2.92. The molecule has 0 saturated carbocycles. The lowest BCUT2D eigenvalue weighted by molar-refractivity contribution is -0.138. The second-order valence-electron chi connectivity index (χ2n) is 4.55. The molecule has 0 aliphatic heterocycles. The zero-order valence-electron chi connectivity index (χ0n) is 10.8.